The van der Waals surface area contributed by atoms with Crippen LogP contribution in [0.25, 0.3) is 0 Å². The van der Waals surface area contributed by atoms with Crippen LogP contribution in [0.5, 0.6) is 0 Å². The van der Waals surface area contributed by atoms with E-state index in [0.29, 0.717) is 6.04 Å². The smallest absolute Gasteiger partial charge is 0.249 e. The maximum atomic E-state index is 12.3. The van der Waals surface area contributed by atoms with Crippen molar-refractivity contribution in [2.24, 2.45) is 0 Å². The van der Waals surface area contributed by atoms with Crippen molar-refractivity contribution in [3.63, 3.8) is 0 Å². The van der Waals surface area contributed by atoms with Gasteiger partial charge in [-0.2, -0.15) is 0 Å². The molecule has 1 amide bonds. The van der Waals surface area contributed by atoms with Crippen LogP contribution in [-0.4, -0.2) is 30.0 Å². The molecule has 2 heterocycles. The molecule has 1 aliphatic heterocycles. The van der Waals surface area contributed by atoms with E-state index in [1.807, 2.05) is 26.2 Å². The highest BCUT2D eigenvalue weighted by atomic mass is 16.2. The summed E-state index contributed by atoms with van der Waals surface area (Å²) in [4.78, 5) is 20.5. The molecule has 0 aromatic carbocycles. The van der Waals surface area contributed by atoms with E-state index >= 15 is 0 Å². The first kappa shape index (κ1) is 11.5. The van der Waals surface area contributed by atoms with E-state index in [9.17, 15) is 4.79 Å². The maximum Gasteiger partial charge on any atom is 0.249 e. The number of pyridine rings is 1. The van der Waals surface area contributed by atoms with Gasteiger partial charge in [0.2, 0.25) is 5.91 Å². The van der Waals surface area contributed by atoms with Gasteiger partial charge in [-0.15, -0.1) is 0 Å². The first-order chi connectivity index (χ1) is 8.70. The fourth-order valence-electron chi connectivity index (χ4n) is 3.28. The Hall–Kier alpha value is -1.58. The second-order valence-electron chi connectivity index (χ2n) is 5.28. The quantitative estimate of drug-likeness (QED) is 0.761. The highest BCUT2D eigenvalue weighted by Crippen LogP contribution is 2.39. The number of hydrogen-bond acceptors (Lipinski definition) is 3. The largest absolute Gasteiger partial charge is 0.355 e. The van der Waals surface area contributed by atoms with Crippen molar-refractivity contribution in [2.75, 3.05) is 16.8 Å². The number of nitrogens with zero attached hydrogens (tertiary/aromatic N) is 3. The summed E-state index contributed by atoms with van der Waals surface area (Å²) >= 11 is 0. The van der Waals surface area contributed by atoms with Crippen molar-refractivity contribution in [3.05, 3.63) is 18.5 Å². The molecule has 1 fully saturated rings. The Morgan fingerprint density at radius 2 is 2.00 bits per heavy atom. The topological polar surface area (TPSA) is 36.4 Å². The van der Waals surface area contributed by atoms with E-state index in [-0.39, 0.29) is 11.9 Å². The number of carbonyl (C=O) groups excluding carboxylic acids is 1. The Balaban J connectivity index is 2.06. The second kappa shape index (κ2) is 4.26. The van der Waals surface area contributed by atoms with Crippen LogP contribution in [-0.2, 0) is 4.79 Å². The molecule has 0 N–H and O–H groups in total. The van der Waals surface area contributed by atoms with Gasteiger partial charge in [-0.3, -0.25) is 9.78 Å². The Bertz CT molecular complexity index is 468. The lowest BCUT2D eigenvalue weighted by molar-refractivity contribution is -0.119. The number of hydrogen-bond donors (Lipinski definition) is 0. The van der Waals surface area contributed by atoms with Crippen LogP contribution in [0.4, 0.5) is 11.4 Å². The zero-order chi connectivity index (χ0) is 12.7. The minimum Gasteiger partial charge on any atom is -0.355 e. The Morgan fingerprint density at radius 3 is 2.72 bits per heavy atom. The summed E-state index contributed by atoms with van der Waals surface area (Å²) < 4.78 is 0. The summed E-state index contributed by atoms with van der Waals surface area (Å²) in [6.07, 6.45) is 8.56. The van der Waals surface area contributed by atoms with Gasteiger partial charge >= 0.3 is 0 Å². The van der Waals surface area contributed by atoms with Crippen molar-refractivity contribution in [3.8, 4) is 0 Å². The molecule has 0 saturated heterocycles. The summed E-state index contributed by atoms with van der Waals surface area (Å²) in [7, 11) is 1.84. The van der Waals surface area contributed by atoms with E-state index in [1.165, 1.54) is 25.7 Å². The van der Waals surface area contributed by atoms with E-state index in [2.05, 4.69) is 9.88 Å². The highest BCUT2D eigenvalue weighted by molar-refractivity contribution is 6.04. The summed E-state index contributed by atoms with van der Waals surface area (Å²) in [5.74, 6) is 0.169. The van der Waals surface area contributed by atoms with Gasteiger partial charge in [-0.05, 0) is 25.8 Å². The van der Waals surface area contributed by atoms with Gasteiger partial charge in [0, 0.05) is 19.3 Å². The fraction of sp³-hybridized carbons (Fsp3) is 0.571. The van der Waals surface area contributed by atoms with Crippen molar-refractivity contribution in [1.29, 1.82) is 0 Å². The summed E-state index contributed by atoms with van der Waals surface area (Å²) in [6.45, 7) is 2.01. The number of anilines is 2. The fourth-order valence-corrected chi connectivity index (χ4v) is 3.28. The molecule has 1 aromatic heterocycles. The molecule has 0 bridgehead atoms. The number of fused-ring (bicyclic) bond motifs is 1. The lowest BCUT2D eigenvalue weighted by Gasteiger charge is -2.43. The molecule has 4 heteroatoms. The molecule has 0 radical (unpaired) electrons. The standard InChI is InChI=1S/C14H19N3O/c1-10-14(18)16(2)13-9-15-8-7-12(13)17(10)11-5-3-4-6-11/h7-11H,3-6H2,1-2H3. The van der Waals surface area contributed by atoms with Crippen molar-refractivity contribution >= 4 is 17.3 Å². The van der Waals surface area contributed by atoms with Gasteiger partial charge in [-0.25, -0.2) is 0 Å². The molecular formula is C14H19N3O. The van der Waals surface area contributed by atoms with Crippen LogP contribution in [0.15, 0.2) is 18.5 Å². The molecular weight excluding hydrogens is 226 g/mol. The van der Waals surface area contributed by atoms with Crippen LogP contribution in [0, 0.1) is 0 Å². The second-order valence-corrected chi connectivity index (χ2v) is 5.28. The number of rotatable bonds is 1. The van der Waals surface area contributed by atoms with Gasteiger partial charge in [0.25, 0.3) is 0 Å². The van der Waals surface area contributed by atoms with Crippen molar-refractivity contribution in [2.45, 2.75) is 44.7 Å². The first-order valence-corrected chi connectivity index (χ1v) is 6.70. The Kier molecular flexibility index (Phi) is 2.73. The summed E-state index contributed by atoms with van der Waals surface area (Å²) in [6, 6.07) is 2.49. The lowest BCUT2D eigenvalue weighted by Crippen LogP contribution is -2.54. The SMILES string of the molecule is CC1C(=O)N(C)c2cnccc2N1C1CCCC1. The van der Waals surface area contributed by atoms with Gasteiger partial charge < -0.3 is 9.80 Å². The predicted octanol–water partition coefficient (Wildman–Crippen LogP) is 2.20. The molecule has 1 atom stereocenters. The number of amides is 1. The van der Waals surface area contributed by atoms with Crippen molar-refractivity contribution in [1.82, 2.24) is 4.98 Å². The molecule has 2 aliphatic rings. The molecule has 3 rings (SSSR count). The van der Waals surface area contributed by atoms with Crippen molar-refractivity contribution < 1.29 is 4.79 Å². The molecule has 1 aromatic rings. The van der Waals surface area contributed by atoms with Gasteiger partial charge in [0.05, 0.1) is 17.6 Å². The predicted molar refractivity (Wildman–Crippen MR) is 71.8 cm³/mol. The maximum absolute atomic E-state index is 12.3. The number of likely N-dealkylation sites (N-methyl/N-ethyl adjacent to an activating group) is 1. The first-order valence-electron chi connectivity index (χ1n) is 6.70. The monoisotopic (exact) mass is 245 g/mol. The van der Waals surface area contributed by atoms with Crippen LogP contribution >= 0.6 is 0 Å². The van der Waals surface area contributed by atoms with Gasteiger partial charge in [0.1, 0.15) is 6.04 Å². The average Bonchev–Trinajstić information content (AvgIpc) is 2.90. The van der Waals surface area contributed by atoms with E-state index in [4.69, 9.17) is 0 Å². The molecule has 1 saturated carbocycles. The third-order valence-corrected chi connectivity index (χ3v) is 4.24. The summed E-state index contributed by atoms with van der Waals surface area (Å²) in [5, 5.41) is 0. The van der Waals surface area contributed by atoms with Crippen LogP contribution in [0.3, 0.4) is 0 Å². The third kappa shape index (κ3) is 1.59. The number of aromatic nitrogens is 1. The molecule has 18 heavy (non-hydrogen) atoms. The minimum absolute atomic E-state index is 0.0620. The average molecular weight is 245 g/mol. The van der Waals surface area contributed by atoms with Gasteiger partial charge in [0.15, 0.2) is 0 Å². The van der Waals surface area contributed by atoms with Crippen LogP contribution in [0.1, 0.15) is 32.6 Å². The third-order valence-electron chi connectivity index (χ3n) is 4.24. The van der Waals surface area contributed by atoms with E-state index in [0.717, 1.165) is 11.4 Å². The van der Waals surface area contributed by atoms with Crippen LogP contribution < -0.4 is 9.80 Å². The molecule has 96 valence electrons. The zero-order valence-electron chi connectivity index (χ0n) is 11.0. The molecule has 0 spiro atoms. The normalized spacial score (nSPS) is 24.6. The van der Waals surface area contributed by atoms with E-state index in [1.54, 1.807) is 11.1 Å². The minimum atomic E-state index is -0.0620. The zero-order valence-corrected chi connectivity index (χ0v) is 11.0. The molecule has 4 nitrogen and oxygen atoms in total. The summed E-state index contributed by atoms with van der Waals surface area (Å²) in [5.41, 5.74) is 2.10. The van der Waals surface area contributed by atoms with E-state index < -0.39 is 0 Å². The van der Waals surface area contributed by atoms with Gasteiger partial charge in [-0.1, -0.05) is 12.8 Å². The molecule has 1 unspecified atom stereocenters. The highest BCUT2D eigenvalue weighted by Gasteiger charge is 2.38. The Morgan fingerprint density at radius 1 is 1.28 bits per heavy atom. The van der Waals surface area contributed by atoms with Crippen LogP contribution in [0.2, 0.25) is 0 Å². The Labute approximate surface area is 108 Å². The number of carbonyl (C=O) groups is 1. The molecule has 1 aliphatic carbocycles. The lowest BCUT2D eigenvalue weighted by atomic mass is 10.0.